The van der Waals surface area contributed by atoms with Gasteiger partial charge >= 0.3 is 0 Å². The Labute approximate surface area is 98.8 Å². The molecule has 0 aliphatic carbocycles. The molecule has 4 nitrogen and oxygen atoms in total. The van der Waals surface area contributed by atoms with E-state index in [-0.39, 0.29) is 5.91 Å². The molecule has 1 aliphatic heterocycles. The van der Waals surface area contributed by atoms with Crippen LogP contribution >= 0.6 is 0 Å². The molecular weight excluding hydrogens is 202 g/mol. The predicted octanol–water partition coefficient (Wildman–Crippen LogP) is 0.668. The number of nitrogens with zero attached hydrogens (tertiary/aromatic N) is 2. The molecule has 1 rings (SSSR count). The summed E-state index contributed by atoms with van der Waals surface area (Å²) in [7, 11) is 0. The van der Waals surface area contributed by atoms with Gasteiger partial charge in [-0.05, 0) is 32.5 Å². The maximum Gasteiger partial charge on any atom is 0.231 e. The Morgan fingerprint density at radius 3 is 2.62 bits per heavy atom. The van der Waals surface area contributed by atoms with Crippen molar-refractivity contribution in [2.75, 3.05) is 32.7 Å². The van der Waals surface area contributed by atoms with Crippen LogP contribution in [-0.4, -0.2) is 54.5 Å². The van der Waals surface area contributed by atoms with Crippen molar-refractivity contribution in [3.05, 3.63) is 0 Å². The number of carbonyl (C=O) groups excluding carboxylic acids is 1. The van der Waals surface area contributed by atoms with Crippen LogP contribution in [0.5, 0.6) is 0 Å². The Hall–Kier alpha value is -0.610. The van der Waals surface area contributed by atoms with Gasteiger partial charge in [0.2, 0.25) is 5.91 Å². The number of piperidine rings is 1. The number of likely N-dealkylation sites (tertiary alicyclic amines) is 1. The Morgan fingerprint density at radius 2 is 2.06 bits per heavy atom. The van der Waals surface area contributed by atoms with E-state index in [1.165, 1.54) is 19.3 Å². The zero-order valence-corrected chi connectivity index (χ0v) is 10.6. The molecule has 0 aromatic heterocycles. The number of nitrogens with two attached hydrogens (primary N) is 1. The van der Waals surface area contributed by atoms with Gasteiger partial charge in [0.05, 0.1) is 6.54 Å². The number of carbonyl (C=O) groups is 1. The summed E-state index contributed by atoms with van der Waals surface area (Å²) in [6.45, 7) is 9.05. The fraction of sp³-hybridized carbons (Fsp3) is 0.917. The van der Waals surface area contributed by atoms with Gasteiger partial charge in [-0.2, -0.15) is 0 Å². The van der Waals surface area contributed by atoms with E-state index in [2.05, 4.69) is 23.6 Å². The highest BCUT2D eigenvalue weighted by molar-refractivity contribution is 5.75. The standard InChI is InChI=1S/C12H25N3O/c1-3-14(4-2)9-11-7-5-6-8-15(11)10-12(13)16/h11H,3-10H2,1-2H3,(H2,13,16). The van der Waals surface area contributed by atoms with E-state index < -0.39 is 0 Å². The molecule has 16 heavy (non-hydrogen) atoms. The Bertz CT molecular complexity index is 216. The maximum absolute atomic E-state index is 11.0. The van der Waals surface area contributed by atoms with Crippen molar-refractivity contribution in [3.8, 4) is 0 Å². The third kappa shape index (κ3) is 4.10. The van der Waals surface area contributed by atoms with Crippen molar-refractivity contribution in [1.29, 1.82) is 0 Å². The molecule has 0 radical (unpaired) electrons. The number of hydrogen-bond donors (Lipinski definition) is 1. The normalized spacial score (nSPS) is 22.6. The molecule has 0 spiro atoms. The smallest absolute Gasteiger partial charge is 0.231 e. The number of primary amides is 1. The Morgan fingerprint density at radius 1 is 1.38 bits per heavy atom. The molecular formula is C12H25N3O. The highest BCUT2D eigenvalue weighted by atomic mass is 16.1. The van der Waals surface area contributed by atoms with E-state index in [9.17, 15) is 4.79 Å². The molecule has 1 fully saturated rings. The van der Waals surface area contributed by atoms with Gasteiger partial charge in [-0.1, -0.05) is 20.3 Å². The molecule has 4 heteroatoms. The van der Waals surface area contributed by atoms with Crippen molar-refractivity contribution in [3.63, 3.8) is 0 Å². The monoisotopic (exact) mass is 227 g/mol. The average molecular weight is 227 g/mol. The molecule has 0 aromatic carbocycles. The molecule has 0 bridgehead atoms. The van der Waals surface area contributed by atoms with Crippen LogP contribution in [0.4, 0.5) is 0 Å². The predicted molar refractivity (Wildman–Crippen MR) is 66.2 cm³/mol. The fourth-order valence-corrected chi connectivity index (χ4v) is 2.45. The van der Waals surface area contributed by atoms with Crippen LogP contribution in [0.3, 0.4) is 0 Å². The number of likely N-dealkylation sites (N-methyl/N-ethyl adjacent to an activating group) is 1. The highest BCUT2D eigenvalue weighted by Crippen LogP contribution is 2.17. The first-order valence-electron chi connectivity index (χ1n) is 6.42. The first-order chi connectivity index (χ1) is 7.67. The van der Waals surface area contributed by atoms with Gasteiger partial charge in [0.25, 0.3) is 0 Å². The van der Waals surface area contributed by atoms with Crippen LogP contribution in [0.2, 0.25) is 0 Å². The summed E-state index contributed by atoms with van der Waals surface area (Å²) < 4.78 is 0. The van der Waals surface area contributed by atoms with E-state index in [4.69, 9.17) is 5.73 Å². The zero-order valence-electron chi connectivity index (χ0n) is 10.6. The van der Waals surface area contributed by atoms with Crippen LogP contribution in [0.25, 0.3) is 0 Å². The fourth-order valence-electron chi connectivity index (χ4n) is 2.45. The molecule has 1 unspecified atom stereocenters. The third-order valence-corrected chi connectivity index (χ3v) is 3.47. The molecule has 0 saturated carbocycles. The summed E-state index contributed by atoms with van der Waals surface area (Å²) in [4.78, 5) is 15.7. The van der Waals surface area contributed by atoms with Crippen molar-refractivity contribution >= 4 is 5.91 Å². The average Bonchev–Trinajstić information content (AvgIpc) is 2.27. The molecule has 1 aliphatic rings. The van der Waals surface area contributed by atoms with Gasteiger partial charge in [-0.25, -0.2) is 0 Å². The second kappa shape index (κ2) is 6.86. The van der Waals surface area contributed by atoms with Crippen molar-refractivity contribution in [1.82, 2.24) is 9.80 Å². The minimum Gasteiger partial charge on any atom is -0.369 e. The lowest BCUT2D eigenvalue weighted by Crippen LogP contribution is -2.49. The van der Waals surface area contributed by atoms with Gasteiger partial charge in [-0.3, -0.25) is 9.69 Å². The first kappa shape index (κ1) is 13.5. The first-order valence-corrected chi connectivity index (χ1v) is 6.42. The van der Waals surface area contributed by atoms with Crippen molar-refractivity contribution < 1.29 is 4.79 Å². The number of amides is 1. The Kier molecular flexibility index (Phi) is 5.77. The van der Waals surface area contributed by atoms with Crippen molar-refractivity contribution in [2.45, 2.75) is 39.2 Å². The van der Waals surface area contributed by atoms with Gasteiger partial charge in [0.1, 0.15) is 0 Å². The molecule has 94 valence electrons. The van der Waals surface area contributed by atoms with E-state index in [0.717, 1.165) is 26.2 Å². The van der Waals surface area contributed by atoms with Gasteiger partial charge in [0.15, 0.2) is 0 Å². The van der Waals surface area contributed by atoms with Crippen LogP contribution in [0.15, 0.2) is 0 Å². The van der Waals surface area contributed by atoms with Crippen molar-refractivity contribution in [2.24, 2.45) is 5.73 Å². The SMILES string of the molecule is CCN(CC)CC1CCCCN1CC(N)=O. The van der Waals surface area contributed by atoms with Crippen LogP contribution in [0.1, 0.15) is 33.1 Å². The van der Waals surface area contributed by atoms with Crippen LogP contribution in [-0.2, 0) is 4.79 Å². The third-order valence-electron chi connectivity index (χ3n) is 3.47. The number of rotatable bonds is 6. The summed E-state index contributed by atoms with van der Waals surface area (Å²) in [6, 6.07) is 0.515. The van der Waals surface area contributed by atoms with E-state index in [1.54, 1.807) is 0 Å². The van der Waals surface area contributed by atoms with Crippen LogP contribution < -0.4 is 5.73 Å². The summed E-state index contributed by atoms with van der Waals surface area (Å²) in [5.74, 6) is -0.202. The summed E-state index contributed by atoms with van der Waals surface area (Å²) in [5, 5.41) is 0. The summed E-state index contributed by atoms with van der Waals surface area (Å²) in [6.07, 6.45) is 3.67. The van der Waals surface area contributed by atoms with Gasteiger partial charge in [0, 0.05) is 12.6 Å². The topological polar surface area (TPSA) is 49.6 Å². The summed E-state index contributed by atoms with van der Waals surface area (Å²) in [5.41, 5.74) is 5.29. The zero-order chi connectivity index (χ0) is 12.0. The van der Waals surface area contributed by atoms with E-state index in [0.29, 0.717) is 12.6 Å². The lowest BCUT2D eigenvalue weighted by atomic mass is 10.0. The molecule has 2 N–H and O–H groups in total. The molecule has 1 heterocycles. The summed E-state index contributed by atoms with van der Waals surface area (Å²) >= 11 is 0. The molecule has 1 saturated heterocycles. The van der Waals surface area contributed by atoms with Gasteiger partial charge in [-0.15, -0.1) is 0 Å². The lowest BCUT2D eigenvalue weighted by Gasteiger charge is -2.37. The lowest BCUT2D eigenvalue weighted by molar-refractivity contribution is -0.120. The highest BCUT2D eigenvalue weighted by Gasteiger charge is 2.24. The molecule has 1 amide bonds. The largest absolute Gasteiger partial charge is 0.369 e. The second-order valence-electron chi connectivity index (χ2n) is 4.57. The van der Waals surface area contributed by atoms with Crippen LogP contribution in [0, 0.1) is 0 Å². The molecule has 1 atom stereocenters. The second-order valence-corrected chi connectivity index (χ2v) is 4.57. The minimum atomic E-state index is -0.202. The quantitative estimate of drug-likeness (QED) is 0.725. The molecule has 0 aromatic rings. The maximum atomic E-state index is 11.0. The Balaban J connectivity index is 2.48. The van der Waals surface area contributed by atoms with Gasteiger partial charge < -0.3 is 10.6 Å². The minimum absolute atomic E-state index is 0.202. The number of hydrogen-bond acceptors (Lipinski definition) is 3. The van der Waals surface area contributed by atoms with E-state index in [1.807, 2.05) is 0 Å². The van der Waals surface area contributed by atoms with E-state index >= 15 is 0 Å².